The lowest BCUT2D eigenvalue weighted by atomic mass is 10.00. The summed E-state index contributed by atoms with van der Waals surface area (Å²) < 4.78 is 2.23. The highest BCUT2D eigenvalue weighted by atomic mass is 16.3. The van der Waals surface area contributed by atoms with Gasteiger partial charge in [0.1, 0.15) is 5.69 Å². The van der Waals surface area contributed by atoms with Gasteiger partial charge in [0.2, 0.25) is 0 Å². The Hall–Kier alpha value is -2.13. The second kappa shape index (κ2) is 5.75. The number of hydrogen-bond acceptors (Lipinski definition) is 2. The van der Waals surface area contributed by atoms with Crippen molar-refractivity contribution in [3.05, 3.63) is 65.2 Å². The van der Waals surface area contributed by atoms with Gasteiger partial charge >= 0.3 is 0 Å². The first-order chi connectivity index (χ1) is 11.6. The number of anilines is 1. The Kier molecular flexibility index (Phi) is 3.69. The van der Waals surface area contributed by atoms with Crippen molar-refractivity contribution in [3.8, 4) is 0 Å². The zero-order valence-electron chi connectivity index (χ0n) is 14.5. The van der Waals surface area contributed by atoms with E-state index < -0.39 is 5.72 Å². The zero-order valence-corrected chi connectivity index (χ0v) is 14.5. The summed E-state index contributed by atoms with van der Waals surface area (Å²) >= 11 is 0. The fourth-order valence-corrected chi connectivity index (χ4v) is 4.05. The number of para-hydroxylation sites is 1. The lowest BCUT2D eigenvalue weighted by molar-refractivity contribution is -0.661. The Morgan fingerprint density at radius 3 is 2.50 bits per heavy atom. The predicted molar refractivity (Wildman–Crippen MR) is 97.6 cm³/mol. The molecule has 1 atom stereocenters. The SMILES string of the molecule is Cc1ccc([C@@]2(O)CN(c3ccccc3C)C3=[N+]2CCCC3)cc1. The van der Waals surface area contributed by atoms with Gasteiger partial charge in [-0.15, -0.1) is 0 Å². The molecule has 124 valence electrons. The minimum absolute atomic E-state index is 0.593. The minimum Gasteiger partial charge on any atom is -0.346 e. The van der Waals surface area contributed by atoms with Crippen LogP contribution in [-0.2, 0) is 5.72 Å². The average Bonchev–Trinajstić information content (AvgIpc) is 2.90. The Morgan fingerprint density at radius 1 is 1.00 bits per heavy atom. The smallest absolute Gasteiger partial charge is 0.271 e. The van der Waals surface area contributed by atoms with Crippen LogP contribution >= 0.6 is 0 Å². The average molecular weight is 321 g/mol. The van der Waals surface area contributed by atoms with Crippen LogP contribution in [-0.4, -0.2) is 28.6 Å². The highest BCUT2D eigenvalue weighted by Crippen LogP contribution is 2.36. The quantitative estimate of drug-likeness (QED) is 0.856. The van der Waals surface area contributed by atoms with Crippen molar-refractivity contribution in [2.45, 2.75) is 38.8 Å². The molecule has 3 nitrogen and oxygen atoms in total. The van der Waals surface area contributed by atoms with Crippen molar-refractivity contribution in [1.29, 1.82) is 0 Å². The third-order valence-corrected chi connectivity index (χ3v) is 5.40. The molecule has 2 heterocycles. The molecule has 2 aromatic carbocycles. The standard InChI is InChI=1S/C21H25N2O/c1-16-10-12-18(13-11-16)21(24)15-22(19-8-4-3-7-17(19)2)20-9-5-6-14-23(20)21/h3-4,7-8,10-13,24H,5-6,9,14-15H2,1-2H3/q+1/t21-/m0/s1. The summed E-state index contributed by atoms with van der Waals surface area (Å²) in [5.41, 5.74) is 3.74. The largest absolute Gasteiger partial charge is 0.346 e. The first-order valence-corrected chi connectivity index (χ1v) is 8.86. The molecule has 3 heteroatoms. The summed E-state index contributed by atoms with van der Waals surface area (Å²) in [6, 6.07) is 16.8. The van der Waals surface area contributed by atoms with Crippen LogP contribution in [0.4, 0.5) is 5.69 Å². The molecular formula is C21H25N2O+. The summed E-state index contributed by atoms with van der Waals surface area (Å²) in [6.45, 7) is 5.74. The van der Waals surface area contributed by atoms with Crippen LogP contribution in [0.25, 0.3) is 0 Å². The minimum atomic E-state index is -0.939. The molecular weight excluding hydrogens is 296 g/mol. The topological polar surface area (TPSA) is 26.5 Å². The second-order valence-electron chi connectivity index (χ2n) is 7.08. The second-order valence-corrected chi connectivity index (χ2v) is 7.08. The highest BCUT2D eigenvalue weighted by Gasteiger charge is 2.52. The van der Waals surface area contributed by atoms with E-state index in [4.69, 9.17) is 0 Å². The first-order valence-electron chi connectivity index (χ1n) is 8.86. The molecule has 0 amide bonds. The molecule has 0 aliphatic carbocycles. The molecule has 0 unspecified atom stereocenters. The molecule has 2 aromatic rings. The van der Waals surface area contributed by atoms with Crippen molar-refractivity contribution in [2.75, 3.05) is 18.0 Å². The third-order valence-electron chi connectivity index (χ3n) is 5.40. The number of aryl methyl sites for hydroxylation is 2. The first kappa shape index (κ1) is 15.4. The van der Waals surface area contributed by atoms with Crippen molar-refractivity contribution in [3.63, 3.8) is 0 Å². The van der Waals surface area contributed by atoms with Crippen LogP contribution in [0.1, 0.15) is 36.0 Å². The van der Waals surface area contributed by atoms with E-state index in [1.165, 1.54) is 29.1 Å². The Labute approximate surface area is 143 Å². The molecule has 1 N–H and O–H groups in total. The number of nitrogens with zero attached hydrogens (tertiary/aromatic N) is 2. The molecule has 0 spiro atoms. The zero-order chi connectivity index (χ0) is 16.7. The molecule has 0 saturated carbocycles. The van der Waals surface area contributed by atoms with Crippen molar-refractivity contribution < 1.29 is 9.68 Å². The van der Waals surface area contributed by atoms with E-state index in [1.807, 2.05) is 0 Å². The van der Waals surface area contributed by atoms with E-state index in [-0.39, 0.29) is 0 Å². The van der Waals surface area contributed by atoms with E-state index in [0.29, 0.717) is 6.54 Å². The van der Waals surface area contributed by atoms with Gasteiger partial charge in [0.15, 0.2) is 6.54 Å². The van der Waals surface area contributed by atoms with E-state index >= 15 is 0 Å². The lowest BCUT2D eigenvalue weighted by Gasteiger charge is -2.24. The number of rotatable bonds is 2. The van der Waals surface area contributed by atoms with Crippen LogP contribution in [0.15, 0.2) is 48.5 Å². The normalized spacial score (nSPS) is 23.5. The fourth-order valence-electron chi connectivity index (χ4n) is 4.05. The van der Waals surface area contributed by atoms with Crippen LogP contribution < -0.4 is 4.90 Å². The van der Waals surface area contributed by atoms with Gasteiger partial charge in [-0.1, -0.05) is 48.0 Å². The molecule has 0 saturated heterocycles. The molecule has 0 bridgehead atoms. The summed E-state index contributed by atoms with van der Waals surface area (Å²) in [7, 11) is 0. The van der Waals surface area contributed by atoms with Crippen LogP contribution in [0, 0.1) is 13.8 Å². The van der Waals surface area contributed by atoms with Gasteiger partial charge in [0, 0.05) is 12.0 Å². The number of benzene rings is 2. The number of hydrogen-bond donors (Lipinski definition) is 1. The lowest BCUT2D eigenvalue weighted by Crippen LogP contribution is -2.41. The molecule has 4 rings (SSSR count). The molecule has 2 aliphatic rings. The maximum absolute atomic E-state index is 11.6. The van der Waals surface area contributed by atoms with Gasteiger partial charge < -0.3 is 5.11 Å². The maximum atomic E-state index is 11.6. The van der Waals surface area contributed by atoms with Crippen LogP contribution in [0.3, 0.4) is 0 Å². The highest BCUT2D eigenvalue weighted by molar-refractivity contribution is 5.96. The van der Waals surface area contributed by atoms with E-state index in [9.17, 15) is 5.11 Å². The number of aliphatic hydroxyl groups is 1. The summed E-state index contributed by atoms with van der Waals surface area (Å²) in [5, 5.41) is 11.6. The van der Waals surface area contributed by atoms with Crippen molar-refractivity contribution in [2.24, 2.45) is 0 Å². The molecule has 24 heavy (non-hydrogen) atoms. The number of amidine groups is 1. The maximum Gasteiger partial charge on any atom is 0.271 e. The van der Waals surface area contributed by atoms with Crippen molar-refractivity contribution in [1.82, 2.24) is 0 Å². The van der Waals surface area contributed by atoms with Crippen LogP contribution in [0.5, 0.6) is 0 Å². The number of β-amino-alcohol motifs (C(OH)–C–C–N with tert-alkyl or cyclic N) is 1. The van der Waals surface area contributed by atoms with E-state index in [2.05, 4.69) is 71.9 Å². The van der Waals surface area contributed by atoms with Gasteiger partial charge in [-0.2, -0.15) is 0 Å². The van der Waals surface area contributed by atoms with Crippen molar-refractivity contribution >= 4 is 11.5 Å². The molecule has 0 fully saturated rings. The van der Waals surface area contributed by atoms with Gasteiger partial charge in [0.05, 0.1) is 6.54 Å². The third kappa shape index (κ3) is 2.35. The van der Waals surface area contributed by atoms with Gasteiger partial charge in [-0.05, 0) is 38.3 Å². The Morgan fingerprint density at radius 2 is 1.75 bits per heavy atom. The van der Waals surface area contributed by atoms with E-state index in [1.54, 1.807) is 0 Å². The summed E-state index contributed by atoms with van der Waals surface area (Å²) in [4.78, 5) is 2.33. The fraction of sp³-hybridized carbons (Fsp3) is 0.381. The summed E-state index contributed by atoms with van der Waals surface area (Å²) in [5.74, 6) is 1.26. The molecule has 0 aromatic heterocycles. The summed E-state index contributed by atoms with van der Waals surface area (Å²) in [6.07, 6.45) is 3.36. The molecule has 0 radical (unpaired) electrons. The van der Waals surface area contributed by atoms with Gasteiger partial charge in [0.25, 0.3) is 11.6 Å². The van der Waals surface area contributed by atoms with E-state index in [0.717, 1.165) is 24.9 Å². The Bertz CT molecular complexity index is 794. The monoisotopic (exact) mass is 321 g/mol. The van der Waals surface area contributed by atoms with Gasteiger partial charge in [-0.25, -0.2) is 9.48 Å². The van der Waals surface area contributed by atoms with Gasteiger partial charge in [-0.3, -0.25) is 0 Å². The predicted octanol–water partition coefficient (Wildman–Crippen LogP) is 3.56. The Balaban J connectivity index is 1.82. The molecule has 2 aliphatic heterocycles. The van der Waals surface area contributed by atoms with Crippen LogP contribution in [0.2, 0.25) is 0 Å².